The molecule has 36 heavy (non-hydrogen) atoms. The summed E-state index contributed by atoms with van der Waals surface area (Å²) in [7, 11) is 5.76. The number of hydrogen-bond acceptors (Lipinski definition) is 5. The van der Waals surface area contributed by atoms with Crippen molar-refractivity contribution in [2.75, 3.05) is 27.8 Å². The monoisotopic (exact) mass is 486 g/mol. The van der Waals surface area contributed by atoms with Gasteiger partial charge in [-0.1, -0.05) is 48.6 Å². The standard InChI is InChI=1S/C30H34N2O4/c1-32-14-13-29-25-20-9-10-22(34-2)26(25)36-27(29)30(35-3)12-11-28(29,23(32)15-20)17-21(30)16-24(33)31-18-19-7-5-4-6-8-19/h4-12,21,23,27H,13-18H2,1-3H3,(H,31,33)/t21?,23-,27-,28-,29+,30+/m1/s1. The van der Waals surface area contributed by atoms with Crippen molar-refractivity contribution in [1.29, 1.82) is 0 Å². The zero-order valence-electron chi connectivity index (χ0n) is 21.3. The van der Waals surface area contributed by atoms with Crippen LogP contribution in [0, 0.1) is 11.3 Å². The summed E-state index contributed by atoms with van der Waals surface area (Å²) >= 11 is 0. The van der Waals surface area contributed by atoms with Gasteiger partial charge in [-0.2, -0.15) is 0 Å². The summed E-state index contributed by atoms with van der Waals surface area (Å²) in [6.45, 7) is 1.56. The first kappa shape index (κ1) is 22.4. The van der Waals surface area contributed by atoms with E-state index in [0.717, 1.165) is 42.9 Å². The molecule has 4 aliphatic carbocycles. The van der Waals surface area contributed by atoms with Crippen molar-refractivity contribution >= 4 is 5.91 Å². The predicted molar refractivity (Wildman–Crippen MR) is 136 cm³/mol. The summed E-state index contributed by atoms with van der Waals surface area (Å²) in [6.07, 6.45) is 7.86. The zero-order chi connectivity index (χ0) is 24.7. The van der Waals surface area contributed by atoms with E-state index in [0.29, 0.717) is 19.0 Å². The average molecular weight is 487 g/mol. The SMILES string of the molecule is COc1ccc2c3c1O[C@H]1[C@]4(OC)C=C[C@@]5(CC4CC(=O)NCc4ccccc4)[C@@H](C2)N(C)CC[C@]315. The van der Waals surface area contributed by atoms with Crippen LogP contribution in [0.3, 0.4) is 0 Å². The molecule has 2 heterocycles. The van der Waals surface area contributed by atoms with Crippen LogP contribution in [0.1, 0.15) is 36.0 Å². The number of likely N-dealkylation sites (tertiary alicyclic amines) is 1. The van der Waals surface area contributed by atoms with Crippen LogP contribution in [0.15, 0.2) is 54.6 Å². The number of rotatable bonds is 6. The highest BCUT2D eigenvalue weighted by Crippen LogP contribution is 2.74. The second-order valence-corrected chi connectivity index (χ2v) is 11.3. The van der Waals surface area contributed by atoms with Crippen molar-refractivity contribution in [3.05, 3.63) is 71.3 Å². The average Bonchev–Trinajstić information content (AvgIpc) is 3.27. The van der Waals surface area contributed by atoms with Gasteiger partial charge >= 0.3 is 0 Å². The lowest BCUT2D eigenvalue weighted by molar-refractivity contribution is -0.214. The van der Waals surface area contributed by atoms with Gasteiger partial charge in [0.25, 0.3) is 0 Å². The third-order valence-corrected chi connectivity index (χ3v) is 10.2. The van der Waals surface area contributed by atoms with Gasteiger partial charge in [0.2, 0.25) is 5.91 Å². The Labute approximate surface area is 212 Å². The van der Waals surface area contributed by atoms with Crippen LogP contribution in [0.25, 0.3) is 0 Å². The molecule has 6 atom stereocenters. The van der Waals surface area contributed by atoms with Gasteiger partial charge in [0.15, 0.2) is 11.5 Å². The number of nitrogens with one attached hydrogen (secondary N) is 1. The fraction of sp³-hybridized carbons (Fsp3) is 0.500. The van der Waals surface area contributed by atoms with Gasteiger partial charge in [-0.05, 0) is 50.0 Å². The van der Waals surface area contributed by atoms with Crippen molar-refractivity contribution < 1.29 is 19.0 Å². The molecule has 6 aliphatic rings. The summed E-state index contributed by atoms with van der Waals surface area (Å²) in [6, 6.07) is 14.7. The molecule has 0 aromatic heterocycles. The first-order chi connectivity index (χ1) is 17.5. The highest BCUT2D eigenvalue weighted by molar-refractivity contribution is 5.77. The lowest BCUT2D eigenvalue weighted by Crippen LogP contribution is -2.79. The van der Waals surface area contributed by atoms with Crippen LogP contribution in [0.5, 0.6) is 11.5 Å². The number of hydrogen-bond donors (Lipinski definition) is 1. The maximum atomic E-state index is 13.3. The van der Waals surface area contributed by atoms with Crippen molar-refractivity contribution in [2.45, 2.75) is 55.4 Å². The summed E-state index contributed by atoms with van der Waals surface area (Å²) in [5.41, 5.74) is 2.90. The minimum atomic E-state index is -0.662. The van der Waals surface area contributed by atoms with E-state index in [1.165, 1.54) is 11.1 Å². The Kier molecular flexibility index (Phi) is 4.72. The molecule has 1 saturated heterocycles. The van der Waals surface area contributed by atoms with Crippen LogP contribution >= 0.6 is 0 Å². The summed E-state index contributed by atoms with van der Waals surface area (Å²) in [5, 5.41) is 3.15. The second kappa shape index (κ2) is 7.59. The smallest absolute Gasteiger partial charge is 0.220 e. The molecule has 2 aromatic carbocycles. The normalized spacial score (nSPS) is 36.8. The van der Waals surface area contributed by atoms with Gasteiger partial charge in [-0.3, -0.25) is 4.79 Å². The Morgan fingerprint density at radius 1 is 1.17 bits per heavy atom. The van der Waals surface area contributed by atoms with Gasteiger partial charge in [0.1, 0.15) is 11.7 Å². The third kappa shape index (κ3) is 2.57. The zero-order valence-corrected chi connectivity index (χ0v) is 21.3. The fourth-order valence-electron chi connectivity index (χ4n) is 8.67. The first-order valence-electron chi connectivity index (χ1n) is 13.1. The van der Waals surface area contributed by atoms with Gasteiger partial charge in [-0.15, -0.1) is 0 Å². The number of carbonyl (C=O) groups is 1. The number of methoxy groups -OCH3 is 2. The number of carbonyl (C=O) groups excluding carboxylic acids is 1. The number of amides is 1. The van der Waals surface area contributed by atoms with Gasteiger partial charge < -0.3 is 24.4 Å². The molecule has 2 aromatic rings. The molecule has 0 radical (unpaired) electrons. The number of piperidine rings is 1. The highest BCUT2D eigenvalue weighted by Gasteiger charge is 2.79. The first-order valence-corrected chi connectivity index (χ1v) is 13.1. The third-order valence-electron chi connectivity index (χ3n) is 10.2. The van der Waals surface area contributed by atoms with E-state index < -0.39 is 5.60 Å². The van der Waals surface area contributed by atoms with Crippen LogP contribution in [0.4, 0.5) is 0 Å². The van der Waals surface area contributed by atoms with E-state index in [9.17, 15) is 4.79 Å². The maximum absolute atomic E-state index is 13.3. The number of ether oxygens (including phenoxy) is 3. The summed E-state index contributed by atoms with van der Waals surface area (Å²) in [4.78, 5) is 15.8. The molecule has 2 spiro atoms. The van der Waals surface area contributed by atoms with Crippen molar-refractivity contribution in [3.63, 3.8) is 0 Å². The molecule has 2 fully saturated rings. The van der Waals surface area contributed by atoms with Gasteiger partial charge in [-0.25, -0.2) is 0 Å². The van der Waals surface area contributed by atoms with E-state index in [4.69, 9.17) is 14.2 Å². The lowest BCUT2D eigenvalue weighted by Gasteiger charge is -2.71. The van der Waals surface area contributed by atoms with E-state index in [1.807, 2.05) is 30.3 Å². The van der Waals surface area contributed by atoms with Crippen LogP contribution in [0.2, 0.25) is 0 Å². The topological polar surface area (TPSA) is 60.0 Å². The summed E-state index contributed by atoms with van der Waals surface area (Å²) in [5.74, 6) is 1.78. The molecule has 1 N–H and O–H groups in total. The molecule has 1 saturated carbocycles. The predicted octanol–water partition coefficient (Wildman–Crippen LogP) is 3.62. The molecule has 6 nitrogen and oxygen atoms in total. The van der Waals surface area contributed by atoms with Crippen molar-refractivity contribution in [2.24, 2.45) is 11.3 Å². The molecule has 1 amide bonds. The van der Waals surface area contributed by atoms with Crippen LogP contribution in [-0.2, 0) is 27.9 Å². The Balaban J connectivity index is 1.30. The Morgan fingerprint density at radius 3 is 2.78 bits per heavy atom. The molecule has 4 bridgehead atoms. The highest BCUT2D eigenvalue weighted by atomic mass is 16.6. The number of nitrogens with zero attached hydrogens (tertiary/aromatic N) is 1. The number of fused-ring (bicyclic) bond motifs is 1. The Morgan fingerprint density at radius 2 is 2.00 bits per heavy atom. The Bertz CT molecular complexity index is 1260. The minimum absolute atomic E-state index is 0.0252. The fourth-order valence-corrected chi connectivity index (χ4v) is 8.67. The lowest BCUT2D eigenvalue weighted by atomic mass is 9.37. The molecular formula is C30H34N2O4. The molecule has 2 aliphatic heterocycles. The maximum Gasteiger partial charge on any atom is 0.220 e. The van der Waals surface area contributed by atoms with E-state index >= 15 is 0 Å². The molecule has 6 heteroatoms. The van der Waals surface area contributed by atoms with Crippen molar-refractivity contribution in [3.8, 4) is 11.5 Å². The molecule has 1 unspecified atom stereocenters. The Hall–Kier alpha value is -2.83. The number of benzene rings is 2. The van der Waals surface area contributed by atoms with Crippen molar-refractivity contribution in [1.82, 2.24) is 10.2 Å². The minimum Gasteiger partial charge on any atom is -0.493 e. The van der Waals surface area contributed by atoms with Gasteiger partial charge in [0.05, 0.1) is 12.5 Å². The summed E-state index contributed by atoms with van der Waals surface area (Å²) < 4.78 is 19.2. The van der Waals surface area contributed by atoms with Crippen LogP contribution in [-0.4, -0.2) is 56.4 Å². The van der Waals surface area contributed by atoms with Crippen LogP contribution < -0.4 is 14.8 Å². The molecule has 188 valence electrons. The molecule has 8 rings (SSSR count). The second-order valence-electron chi connectivity index (χ2n) is 11.3. The number of likely N-dealkylation sites (N-methyl/N-ethyl adjacent to an activating group) is 1. The largest absolute Gasteiger partial charge is 0.493 e. The van der Waals surface area contributed by atoms with E-state index in [-0.39, 0.29) is 28.8 Å². The van der Waals surface area contributed by atoms with Gasteiger partial charge in [0, 0.05) is 43.0 Å². The van der Waals surface area contributed by atoms with E-state index in [2.05, 4.69) is 41.5 Å². The molecular weight excluding hydrogens is 452 g/mol. The van der Waals surface area contributed by atoms with E-state index in [1.54, 1.807) is 14.2 Å². The quantitative estimate of drug-likeness (QED) is 0.632.